The van der Waals surface area contributed by atoms with E-state index in [0.29, 0.717) is 10.1 Å². The summed E-state index contributed by atoms with van der Waals surface area (Å²) in [5.74, 6) is -0.0624. The molecule has 0 aliphatic carbocycles. The molecule has 0 unspecified atom stereocenters. The molecule has 3 aromatic rings. The van der Waals surface area contributed by atoms with E-state index in [1.54, 1.807) is 10.0 Å². The number of para-hydroxylation sites is 1. The number of carbonyl (C=O) groups is 1. The molecule has 5 heteroatoms. The summed E-state index contributed by atoms with van der Waals surface area (Å²) in [5, 5.41) is 6.31. The van der Waals surface area contributed by atoms with Crippen molar-refractivity contribution < 1.29 is 4.79 Å². The Hall–Kier alpha value is -2.89. The van der Waals surface area contributed by atoms with E-state index in [-0.39, 0.29) is 5.91 Å². The maximum atomic E-state index is 13.0. The minimum atomic E-state index is -0.0624. The monoisotopic (exact) mass is 373 g/mol. The zero-order valence-corrected chi connectivity index (χ0v) is 16.0. The van der Waals surface area contributed by atoms with Gasteiger partial charge in [0.2, 0.25) is 0 Å². The van der Waals surface area contributed by atoms with Gasteiger partial charge in [-0.1, -0.05) is 60.7 Å². The highest BCUT2D eigenvalue weighted by molar-refractivity contribution is 8.18. The summed E-state index contributed by atoms with van der Waals surface area (Å²) in [4.78, 5) is 18.3. The second-order valence-corrected chi connectivity index (χ2v) is 7.38. The van der Waals surface area contributed by atoms with Crippen LogP contribution in [0.4, 0.5) is 5.69 Å². The van der Waals surface area contributed by atoms with Crippen LogP contribution in [0.15, 0.2) is 82.7 Å². The molecule has 1 fully saturated rings. The lowest BCUT2D eigenvalue weighted by atomic mass is 10.0. The number of thioether (sulfide) groups is 1. The molecule has 134 valence electrons. The fourth-order valence-electron chi connectivity index (χ4n) is 3.02. The van der Waals surface area contributed by atoms with E-state index in [0.717, 1.165) is 22.0 Å². The first kappa shape index (κ1) is 17.5. The van der Waals surface area contributed by atoms with E-state index < -0.39 is 0 Å². The molecule has 3 aromatic carbocycles. The Labute approximate surface area is 162 Å². The van der Waals surface area contributed by atoms with Gasteiger partial charge in [-0.25, -0.2) is 15.0 Å². The molecule has 0 bridgehead atoms. The van der Waals surface area contributed by atoms with Crippen LogP contribution < -0.4 is 0 Å². The average Bonchev–Trinajstić information content (AvgIpc) is 2.98. The fourth-order valence-corrected chi connectivity index (χ4v) is 4.06. The third-order valence-electron chi connectivity index (χ3n) is 4.28. The van der Waals surface area contributed by atoms with Crippen LogP contribution >= 0.6 is 11.8 Å². The van der Waals surface area contributed by atoms with Gasteiger partial charge in [-0.15, -0.1) is 0 Å². The van der Waals surface area contributed by atoms with Gasteiger partial charge in [0, 0.05) is 14.1 Å². The van der Waals surface area contributed by atoms with E-state index in [9.17, 15) is 4.79 Å². The topological polar surface area (TPSA) is 35.9 Å². The standard InChI is InChI=1S/C22H19N3OS/c1-24(2)25-21(26)20(27-22(25)23-18-12-4-3-5-13-18)15-17-11-8-10-16-9-6-7-14-19(16)17/h3-15H,1-2H3/b20-15+,23-22?. The minimum Gasteiger partial charge on any atom is -0.267 e. The van der Waals surface area contributed by atoms with E-state index in [1.807, 2.05) is 74.8 Å². The summed E-state index contributed by atoms with van der Waals surface area (Å²) in [7, 11) is 3.69. The molecule has 0 spiro atoms. The van der Waals surface area contributed by atoms with Gasteiger partial charge in [0.15, 0.2) is 5.17 Å². The van der Waals surface area contributed by atoms with E-state index >= 15 is 0 Å². The van der Waals surface area contributed by atoms with Gasteiger partial charge >= 0.3 is 0 Å². The molecule has 1 saturated heterocycles. The number of benzene rings is 3. The van der Waals surface area contributed by atoms with Crippen molar-refractivity contribution >= 4 is 45.4 Å². The Kier molecular flexibility index (Phi) is 4.79. The second-order valence-electron chi connectivity index (χ2n) is 6.37. The summed E-state index contributed by atoms with van der Waals surface area (Å²) in [6.07, 6.45) is 1.96. The molecule has 4 rings (SSSR count). The van der Waals surface area contributed by atoms with Crippen LogP contribution in [0.3, 0.4) is 0 Å². The molecule has 1 aliphatic rings. The molecular formula is C22H19N3OS. The zero-order valence-electron chi connectivity index (χ0n) is 15.2. The van der Waals surface area contributed by atoms with Gasteiger partial charge < -0.3 is 0 Å². The van der Waals surface area contributed by atoms with Gasteiger partial charge in [-0.05, 0) is 46.3 Å². The molecule has 0 radical (unpaired) electrons. The summed E-state index contributed by atoms with van der Waals surface area (Å²) in [5.41, 5.74) is 1.86. The molecule has 0 atom stereocenters. The first-order valence-electron chi connectivity index (χ1n) is 8.66. The van der Waals surface area contributed by atoms with Crippen LogP contribution in [0, 0.1) is 0 Å². The molecular weight excluding hydrogens is 354 g/mol. The number of aliphatic imine (C=N–C) groups is 1. The number of hydrogen-bond acceptors (Lipinski definition) is 4. The number of nitrogens with zero attached hydrogens (tertiary/aromatic N) is 3. The third-order valence-corrected chi connectivity index (χ3v) is 5.24. The lowest BCUT2D eigenvalue weighted by molar-refractivity contribution is -0.130. The van der Waals surface area contributed by atoms with Crippen LogP contribution in [0.2, 0.25) is 0 Å². The molecule has 27 heavy (non-hydrogen) atoms. The van der Waals surface area contributed by atoms with Gasteiger partial charge in [-0.3, -0.25) is 4.79 Å². The van der Waals surface area contributed by atoms with Gasteiger partial charge in [0.1, 0.15) is 0 Å². The molecule has 1 aliphatic heterocycles. The molecule has 0 aromatic heterocycles. The van der Waals surface area contributed by atoms with E-state index in [4.69, 9.17) is 0 Å². The highest BCUT2D eigenvalue weighted by atomic mass is 32.2. The highest BCUT2D eigenvalue weighted by Gasteiger charge is 2.35. The number of carbonyl (C=O) groups excluding carboxylic acids is 1. The SMILES string of the molecule is CN(C)N1C(=O)/C(=C\c2cccc3ccccc23)SC1=Nc1ccccc1. The Morgan fingerprint density at radius 2 is 1.63 bits per heavy atom. The van der Waals surface area contributed by atoms with Crippen LogP contribution in [-0.4, -0.2) is 35.2 Å². The van der Waals surface area contributed by atoms with Crippen molar-refractivity contribution in [3.63, 3.8) is 0 Å². The van der Waals surface area contributed by atoms with Crippen molar-refractivity contribution in [1.29, 1.82) is 0 Å². The lowest BCUT2D eigenvalue weighted by Crippen LogP contribution is -2.40. The Morgan fingerprint density at radius 1 is 0.926 bits per heavy atom. The third kappa shape index (κ3) is 3.52. The fraction of sp³-hybridized carbons (Fsp3) is 0.0909. The number of fused-ring (bicyclic) bond motifs is 1. The van der Waals surface area contributed by atoms with Crippen molar-refractivity contribution in [2.45, 2.75) is 0 Å². The smallest absolute Gasteiger partial charge is 0.267 e. The highest BCUT2D eigenvalue weighted by Crippen LogP contribution is 2.35. The van der Waals surface area contributed by atoms with E-state index in [1.165, 1.54) is 11.8 Å². The zero-order chi connectivity index (χ0) is 18.8. The average molecular weight is 373 g/mol. The van der Waals surface area contributed by atoms with Crippen molar-refractivity contribution in [2.24, 2.45) is 4.99 Å². The summed E-state index contributed by atoms with van der Waals surface area (Å²) >= 11 is 1.40. The summed E-state index contributed by atoms with van der Waals surface area (Å²) in [6.45, 7) is 0. The number of rotatable bonds is 3. The predicted molar refractivity (Wildman–Crippen MR) is 114 cm³/mol. The summed E-state index contributed by atoms with van der Waals surface area (Å²) in [6, 6.07) is 24.0. The maximum absolute atomic E-state index is 13.0. The first-order chi connectivity index (χ1) is 13.1. The van der Waals surface area contributed by atoms with Crippen molar-refractivity contribution in [1.82, 2.24) is 10.0 Å². The Balaban J connectivity index is 1.76. The van der Waals surface area contributed by atoms with E-state index in [2.05, 4.69) is 23.2 Å². The Bertz CT molecular complexity index is 1050. The number of amides is 1. The van der Waals surface area contributed by atoms with Crippen LogP contribution in [0.1, 0.15) is 5.56 Å². The van der Waals surface area contributed by atoms with Gasteiger partial charge in [0.25, 0.3) is 5.91 Å². The predicted octanol–water partition coefficient (Wildman–Crippen LogP) is 4.92. The first-order valence-corrected chi connectivity index (χ1v) is 9.48. The largest absolute Gasteiger partial charge is 0.281 e. The second kappa shape index (κ2) is 7.39. The lowest BCUT2D eigenvalue weighted by Gasteiger charge is -2.22. The molecule has 0 N–H and O–H groups in total. The summed E-state index contributed by atoms with van der Waals surface area (Å²) < 4.78 is 0. The molecule has 1 amide bonds. The minimum absolute atomic E-state index is 0.0624. The number of amidine groups is 1. The number of hydrogen-bond donors (Lipinski definition) is 0. The molecule has 0 saturated carbocycles. The quantitative estimate of drug-likeness (QED) is 0.611. The van der Waals surface area contributed by atoms with Crippen LogP contribution in [0.25, 0.3) is 16.8 Å². The molecule has 1 heterocycles. The molecule has 4 nitrogen and oxygen atoms in total. The van der Waals surface area contributed by atoms with Crippen molar-refractivity contribution in [3.8, 4) is 0 Å². The number of hydrazine groups is 1. The van der Waals surface area contributed by atoms with Gasteiger partial charge in [0.05, 0.1) is 10.6 Å². The van der Waals surface area contributed by atoms with Gasteiger partial charge in [-0.2, -0.15) is 0 Å². The Morgan fingerprint density at radius 3 is 2.41 bits per heavy atom. The van der Waals surface area contributed by atoms with Crippen molar-refractivity contribution in [3.05, 3.63) is 83.3 Å². The maximum Gasteiger partial charge on any atom is 0.281 e. The van der Waals surface area contributed by atoms with Crippen molar-refractivity contribution in [2.75, 3.05) is 14.1 Å². The van der Waals surface area contributed by atoms with Crippen LogP contribution in [0.5, 0.6) is 0 Å². The van der Waals surface area contributed by atoms with Crippen LogP contribution in [-0.2, 0) is 4.79 Å². The normalized spacial score (nSPS) is 17.6.